The molecular weight excluding hydrogens is 759 g/mol. The number of unbranched alkanes of at least 4 members (excludes halogenated alkanes) is 4. The molecule has 0 fully saturated rings. The maximum Gasteiger partial charge on any atom is 0.472 e. The molecule has 0 amide bonds. The highest BCUT2D eigenvalue weighted by molar-refractivity contribution is 7.47. The quantitative estimate of drug-likeness (QED) is 0.0155. The second-order valence-corrected chi connectivity index (χ2v) is 14.9. The number of phosphoric acid groups is 1. The van der Waals surface area contributed by atoms with Crippen LogP contribution in [0.15, 0.2) is 109 Å². The summed E-state index contributed by atoms with van der Waals surface area (Å²) in [6, 6.07) is 0. The van der Waals surface area contributed by atoms with E-state index in [0.29, 0.717) is 25.7 Å². The van der Waals surface area contributed by atoms with Crippen molar-refractivity contribution in [1.82, 2.24) is 0 Å². The van der Waals surface area contributed by atoms with E-state index in [1.165, 1.54) is 19.3 Å². The van der Waals surface area contributed by atoms with E-state index in [2.05, 4.69) is 91.3 Å². The molecule has 0 aliphatic heterocycles. The predicted molar refractivity (Wildman–Crippen MR) is 234 cm³/mol. The van der Waals surface area contributed by atoms with Crippen molar-refractivity contribution in [3.63, 3.8) is 0 Å². The molecule has 0 aromatic carbocycles. The van der Waals surface area contributed by atoms with Crippen LogP contribution in [0.1, 0.15) is 123 Å². The lowest BCUT2D eigenvalue weighted by atomic mass is 10.1. The topological polar surface area (TPSA) is 169 Å². The van der Waals surface area contributed by atoms with E-state index in [-0.39, 0.29) is 12.8 Å². The van der Waals surface area contributed by atoms with Gasteiger partial charge in [-0.2, -0.15) is 0 Å². The van der Waals surface area contributed by atoms with E-state index in [0.717, 1.165) is 51.4 Å². The molecule has 11 nitrogen and oxygen atoms in total. The van der Waals surface area contributed by atoms with Gasteiger partial charge in [0.15, 0.2) is 6.10 Å². The highest BCUT2D eigenvalue weighted by Gasteiger charge is 2.27. The average Bonchev–Trinajstić information content (AvgIpc) is 3.20. The van der Waals surface area contributed by atoms with E-state index in [1.54, 1.807) is 12.2 Å². The first kappa shape index (κ1) is 54.6. The number of phosphoric ester groups is 1. The third-order valence-electron chi connectivity index (χ3n) is 8.02. The molecule has 2 unspecified atom stereocenters. The van der Waals surface area contributed by atoms with Gasteiger partial charge >= 0.3 is 19.8 Å². The summed E-state index contributed by atoms with van der Waals surface area (Å²) in [6.45, 7) is 1.91. The summed E-state index contributed by atoms with van der Waals surface area (Å²) in [5.74, 6) is -1.21. The number of ether oxygens (including phenoxy) is 2. The van der Waals surface area contributed by atoms with E-state index >= 15 is 0 Å². The van der Waals surface area contributed by atoms with Crippen molar-refractivity contribution in [1.29, 1.82) is 0 Å². The van der Waals surface area contributed by atoms with Crippen LogP contribution in [0, 0.1) is 0 Å². The van der Waals surface area contributed by atoms with Gasteiger partial charge in [-0.1, -0.05) is 136 Å². The van der Waals surface area contributed by atoms with Crippen LogP contribution in [0.3, 0.4) is 0 Å². The van der Waals surface area contributed by atoms with Crippen molar-refractivity contribution in [2.75, 3.05) is 26.4 Å². The van der Waals surface area contributed by atoms with Gasteiger partial charge in [0.2, 0.25) is 0 Å². The van der Waals surface area contributed by atoms with Crippen LogP contribution < -0.4 is 0 Å². The van der Waals surface area contributed by atoms with Crippen molar-refractivity contribution in [2.24, 2.45) is 0 Å². The van der Waals surface area contributed by atoms with Crippen molar-refractivity contribution in [3.05, 3.63) is 109 Å². The zero-order valence-corrected chi connectivity index (χ0v) is 36.0. The number of aliphatic hydroxyl groups is 3. The summed E-state index contributed by atoms with van der Waals surface area (Å²) in [5, 5.41) is 28.6. The van der Waals surface area contributed by atoms with Crippen LogP contribution >= 0.6 is 7.82 Å². The molecule has 0 aromatic rings. The van der Waals surface area contributed by atoms with Gasteiger partial charge in [0.1, 0.15) is 12.7 Å². The molecule has 12 heteroatoms. The zero-order valence-electron chi connectivity index (χ0n) is 35.1. The lowest BCUT2D eigenvalue weighted by molar-refractivity contribution is -0.161. The number of carbonyl (C=O) groups is 2. The Bertz CT molecular complexity index is 1340. The molecule has 0 saturated carbocycles. The zero-order chi connectivity index (χ0) is 42.8. The monoisotopic (exact) mass is 832 g/mol. The first-order chi connectivity index (χ1) is 28.1. The first-order valence-electron chi connectivity index (χ1n) is 21.0. The molecule has 0 heterocycles. The van der Waals surface area contributed by atoms with Crippen LogP contribution in [-0.2, 0) is 32.7 Å². The molecule has 0 bridgehead atoms. The fourth-order valence-corrected chi connectivity index (χ4v) is 5.57. The minimum Gasteiger partial charge on any atom is -0.462 e. The second-order valence-electron chi connectivity index (χ2n) is 13.5. The summed E-state index contributed by atoms with van der Waals surface area (Å²) >= 11 is 0. The second kappa shape index (κ2) is 40.4. The molecule has 0 rings (SSSR count). The van der Waals surface area contributed by atoms with Gasteiger partial charge in [0.25, 0.3) is 0 Å². The van der Waals surface area contributed by atoms with Crippen LogP contribution in [-0.4, -0.2) is 76.9 Å². The molecular formula is C46H73O11P. The molecule has 0 aliphatic rings. The van der Waals surface area contributed by atoms with Gasteiger partial charge in [0.05, 0.1) is 25.9 Å². The molecule has 0 aromatic heterocycles. The smallest absolute Gasteiger partial charge is 0.462 e. The highest BCUT2D eigenvalue weighted by atomic mass is 31.2. The third kappa shape index (κ3) is 39.4. The number of esters is 2. The van der Waals surface area contributed by atoms with Gasteiger partial charge in [0, 0.05) is 12.8 Å². The van der Waals surface area contributed by atoms with Crippen molar-refractivity contribution in [3.8, 4) is 0 Å². The predicted octanol–water partition coefficient (Wildman–Crippen LogP) is 9.97. The molecule has 0 spiro atoms. The summed E-state index contributed by atoms with van der Waals surface area (Å²) in [5.41, 5.74) is 0. The molecule has 58 heavy (non-hydrogen) atoms. The molecule has 0 radical (unpaired) electrons. The first-order valence-corrected chi connectivity index (χ1v) is 22.4. The summed E-state index contributed by atoms with van der Waals surface area (Å²) in [4.78, 5) is 35.0. The summed E-state index contributed by atoms with van der Waals surface area (Å²) < 4.78 is 32.5. The Labute approximate surface area is 348 Å². The number of hydrogen-bond donors (Lipinski definition) is 4. The maximum atomic E-state index is 12.6. The normalized spacial score (nSPS) is 15.5. The Balaban J connectivity index is 4.64. The molecule has 0 saturated heterocycles. The fraction of sp³-hybridized carbons (Fsp3) is 0.565. The number of allylic oxidation sites excluding steroid dienone is 17. The van der Waals surface area contributed by atoms with Gasteiger partial charge < -0.3 is 29.7 Å². The van der Waals surface area contributed by atoms with Crippen LogP contribution in [0.5, 0.6) is 0 Å². The van der Waals surface area contributed by atoms with Crippen molar-refractivity contribution in [2.45, 2.75) is 141 Å². The molecule has 0 aliphatic carbocycles. The van der Waals surface area contributed by atoms with Gasteiger partial charge in [-0.15, -0.1) is 0 Å². The number of hydrogen-bond acceptors (Lipinski definition) is 10. The summed E-state index contributed by atoms with van der Waals surface area (Å²) in [7, 11) is -4.69. The minimum absolute atomic E-state index is 0.0651. The highest BCUT2D eigenvalue weighted by Crippen LogP contribution is 2.43. The third-order valence-corrected chi connectivity index (χ3v) is 8.97. The Morgan fingerprint density at radius 3 is 1.69 bits per heavy atom. The number of carbonyl (C=O) groups excluding carboxylic acids is 2. The minimum atomic E-state index is -4.69. The van der Waals surface area contributed by atoms with E-state index in [1.807, 2.05) is 24.3 Å². The Morgan fingerprint density at radius 1 is 0.603 bits per heavy atom. The van der Waals surface area contributed by atoms with Crippen molar-refractivity contribution >= 4 is 19.8 Å². The Hall–Kier alpha value is -3.41. The van der Waals surface area contributed by atoms with E-state index in [9.17, 15) is 29.3 Å². The number of aliphatic hydroxyl groups excluding tert-OH is 3. The largest absolute Gasteiger partial charge is 0.472 e. The maximum absolute atomic E-state index is 12.6. The SMILES string of the molecule is CC/C=C\C/C=C\C/C=C\C/C=C\C=C\C(O)CCCC(=O)O[C@H](COC(=O)CCC/C=C\C/C=C\C/C=C\C/C=C\CCCCC)COP(=O)(O)OC[C@@H](O)CO. The van der Waals surface area contributed by atoms with Gasteiger partial charge in [-0.25, -0.2) is 4.57 Å². The van der Waals surface area contributed by atoms with Crippen LogP contribution in [0.4, 0.5) is 0 Å². The molecule has 4 N–H and O–H groups in total. The van der Waals surface area contributed by atoms with Gasteiger partial charge in [-0.05, 0) is 83.5 Å². The van der Waals surface area contributed by atoms with E-state index < -0.39 is 64.5 Å². The fourth-order valence-electron chi connectivity index (χ4n) is 4.78. The Kier molecular flexibility index (Phi) is 38.0. The van der Waals surface area contributed by atoms with E-state index in [4.69, 9.17) is 19.1 Å². The standard InChI is InChI=1S/C46H73O11P/c1-3-5-7-9-11-13-15-17-18-19-20-22-24-26-28-30-32-36-45(50)54-40-44(41-56-58(52,53)55-39-43(49)38-47)57-46(51)37-33-35-42(48)34-31-29-27-25-23-21-16-14-12-10-8-6-4-2/h6,8,11-14,17-18,20-23,26-29,31,34,42-44,47-49H,3-5,7,9-10,15-16,19,24-25,30,32-33,35-41H2,1-2H3,(H,52,53)/b8-6-,13-11-,14-12-,18-17-,22-20-,23-21-,28-26-,29-27-,34-31+/t42?,43-,44+/m0/s1. The lowest BCUT2D eigenvalue weighted by Crippen LogP contribution is -2.30. The summed E-state index contributed by atoms with van der Waals surface area (Å²) in [6.07, 6.45) is 46.6. The van der Waals surface area contributed by atoms with Crippen molar-refractivity contribution < 1.29 is 52.9 Å². The Morgan fingerprint density at radius 2 is 1.12 bits per heavy atom. The average molecular weight is 833 g/mol. The molecule has 328 valence electrons. The van der Waals surface area contributed by atoms with Gasteiger partial charge in [-0.3, -0.25) is 18.6 Å². The van der Waals surface area contributed by atoms with Crippen LogP contribution in [0.2, 0.25) is 0 Å². The molecule has 4 atom stereocenters. The lowest BCUT2D eigenvalue weighted by Gasteiger charge is -2.20. The van der Waals surface area contributed by atoms with Crippen LogP contribution in [0.25, 0.3) is 0 Å². The number of rotatable bonds is 37.